The van der Waals surface area contributed by atoms with Gasteiger partial charge >= 0.3 is 0 Å². The van der Waals surface area contributed by atoms with E-state index in [1.807, 2.05) is 24.3 Å². The molecule has 0 saturated heterocycles. The van der Waals surface area contributed by atoms with Gasteiger partial charge in [-0.05, 0) is 40.2 Å². The summed E-state index contributed by atoms with van der Waals surface area (Å²) in [6, 6.07) is 7.61. The third kappa shape index (κ3) is 1.78. The second kappa shape index (κ2) is 3.85. The first-order valence-electron chi connectivity index (χ1n) is 5.09. The van der Waals surface area contributed by atoms with Crippen molar-refractivity contribution in [2.75, 3.05) is 5.73 Å². The molecular weight excluding hydrogens is 280 g/mol. The first-order chi connectivity index (χ1) is 8.24. The summed E-state index contributed by atoms with van der Waals surface area (Å²) in [6.07, 6.45) is 3.49. The van der Waals surface area contributed by atoms with Gasteiger partial charge in [0.15, 0.2) is 0 Å². The molecule has 4 nitrogen and oxygen atoms in total. The second-order valence-corrected chi connectivity index (χ2v) is 4.57. The fraction of sp³-hybridized carbons (Fsp3) is 0. The van der Waals surface area contributed by atoms with Crippen LogP contribution in [-0.4, -0.2) is 15.0 Å². The van der Waals surface area contributed by atoms with E-state index in [1.165, 1.54) is 0 Å². The van der Waals surface area contributed by atoms with Crippen molar-refractivity contribution in [3.05, 3.63) is 41.1 Å². The first-order valence-corrected chi connectivity index (χ1v) is 5.88. The number of nitrogens with zero attached hydrogens (tertiary/aromatic N) is 2. The molecule has 0 aliphatic carbocycles. The lowest BCUT2D eigenvalue weighted by Crippen LogP contribution is -1.87. The van der Waals surface area contributed by atoms with Crippen molar-refractivity contribution in [3.63, 3.8) is 0 Å². The Bertz CT molecular complexity index is 657. The Morgan fingerprint density at radius 3 is 2.88 bits per heavy atom. The normalized spacial score (nSPS) is 10.9. The van der Waals surface area contributed by atoms with Crippen molar-refractivity contribution < 1.29 is 0 Å². The van der Waals surface area contributed by atoms with Crippen LogP contribution in [0.3, 0.4) is 0 Å². The summed E-state index contributed by atoms with van der Waals surface area (Å²) in [4.78, 5) is 11.8. The van der Waals surface area contributed by atoms with Gasteiger partial charge < -0.3 is 10.7 Å². The number of benzene rings is 1. The summed E-state index contributed by atoms with van der Waals surface area (Å²) < 4.78 is 0.869. The molecule has 5 heteroatoms. The van der Waals surface area contributed by atoms with Crippen LogP contribution >= 0.6 is 15.9 Å². The molecule has 84 valence electrons. The fourth-order valence-corrected chi connectivity index (χ4v) is 2.05. The minimum atomic E-state index is 0.714. The van der Waals surface area contributed by atoms with Crippen LogP contribution in [0, 0.1) is 0 Å². The second-order valence-electron chi connectivity index (χ2n) is 3.71. The van der Waals surface area contributed by atoms with Gasteiger partial charge in [0, 0.05) is 21.9 Å². The lowest BCUT2D eigenvalue weighted by Gasteiger charge is -2.00. The van der Waals surface area contributed by atoms with E-state index in [2.05, 4.69) is 30.9 Å². The van der Waals surface area contributed by atoms with Gasteiger partial charge in [0.05, 0.1) is 17.2 Å². The highest BCUT2D eigenvalue weighted by atomic mass is 79.9. The number of fused-ring (bicyclic) bond motifs is 1. The number of imidazole rings is 1. The summed E-state index contributed by atoms with van der Waals surface area (Å²) in [5, 5.41) is 0. The topological polar surface area (TPSA) is 67.6 Å². The molecular formula is C12H9BrN4. The van der Waals surface area contributed by atoms with E-state index < -0.39 is 0 Å². The van der Waals surface area contributed by atoms with E-state index in [0.717, 1.165) is 26.9 Å². The van der Waals surface area contributed by atoms with Gasteiger partial charge in [-0.1, -0.05) is 0 Å². The van der Waals surface area contributed by atoms with Crippen LogP contribution in [0.2, 0.25) is 0 Å². The van der Waals surface area contributed by atoms with Crippen LogP contribution in [0.4, 0.5) is 5.69 Å². The highest BCUT2D eigenvalue weighted by Crippen LogP contribution is 2.26. The minimum Gasteiger partial charge on any atom is -0.398 e. The third-order valence-electron chi connectivity index (χ3n) is 2.56. The number of rotatable bonds is 1. The van der Waals surface area contributed by atoms with Crippen molar-refractivity contribution >= 4 is 32.7 Å². The van der Waals surface area contributed by atoms with Crippen LogP contribution in [0.1, 0.15) is 0 Å². The van der Waals surface area contributed by atoms with Gasteiger partial charge in [0.2, 0.25) is 0 Å². The van der Waals surface area contributed by atoms with E-state index in [9.17, 15) is 0 Å². The van der Waals surface area contributed by atoms with Crippen LogP contribution in [0.15, 0.2) is 41.1 Å². The molecule has 0 atom stereocenters. The van der Waals surface area contributed by atoms with Crippen LogP contribution in [-0.2, 0) is 0 Å². The molecule has 2 heterocycles. The van der Waals surface area contributed by atoms with Crippen LogP contribution in [0.5, 0.6) is 0 Å². The number of H-pyrrole nitrogens is 1. The van der Waals surface area contributed by atoms with Gasteiger partial charge in [0.25, 0.3) is 0 Å². The first kappa shape index (κ1) is 10.3. The minimum absolute atomic E-state index is 0.714. The third-order valence-corrected chi connectivity index (χ3v) is 3.24. The number of nitrogen functional groups attached to an aromatic ring is 1. The zero-order valence-electron chi connectivity index (χ0n) is 8.81. The Hall–Kier alpha value is -1.88. The van der Waals surface area contributed by atoms with Crippen LogP contribution < -0.4 is 5.73 Å². The number of pyridine rings is 1. The van der Waals surface area contributed by atoms with E-state index in [-0.39, 0.29) is 0 Å². The summed E-state index contributed by atoms with van der Waals surface area (Å²) in [6.45, 7) is 0. The lowest BCUT2D eigenvalue weighted by atomic mass is 10.2. The van der Waals surface area contributed by atoms with Crippen molar-refractivity contribution in [1.29, 1.82) is 0 Å². The predicted octanol–water partition coefficient (Wildman–Crippen LogP) is 2.97. The number of hydrogen-bond acceptors (Lipinski definition) is 3. The molecule has 0 saturated carbocycles. The molecule has 3 rings (SSSR count). The number of halogens is 1. The molecule has 0 aliphatic rings. The number of nitrogens with two attached hydrogens (primary N) is 1. The van der Waals surface area contributed by atoms with E-state index in [0.29, 0.717) is 5.69 Å². The Morgan fingerprint density at radius 1 is 1.24 bits per heavy atom. The summed E-state index contributed by atoms with van der Waals surface area (Å²) in [5.41, 5.74) is 9.29. The average Bonchev–Trinajstić information content (AvgIpc) is 2.76. The van der Waals surface area contributed by atoms with E-state index in [4.69, 9.17) is 5.73 Å². The summed E-state index contributed by atoms with van der Waals surface area (Å²) in [7, 11) is 0. The zero-order chi connectivity index (χ0) is 11.8. The van der Waals surface area contributed by atoms with Gasteiger partial charge in [-0.3, -0.25) is 4.98 Å². The average molecular weight is 289 g/mol. The molecule has 0 amide bonds. The largest absolute Gasteiger partial charge is 0.398 e. The van der Waals surface area contributed by atoms with Crippen molar-refractivity contribution in [1.82, 2.24) is 15.0 Å². The molecule has 0 unspecified atom stereocenters. The Morgan fingerprint density at radius 2 is 2.12 bits per heavy atom. The molecule has 3 N–H and O–H groups in total. The van der Waals surface area contributed by atoms with E-state index >= 15 is 0 Å². The van der Waals surface area contributed by atoms with Gasteiger partial charge in [-0.2, -0.15) is 0 Å². The fourth-order valence-electron chi connectivity index (χ4n) is 1.67. The summed E-state index contributed by atoms with van der Waals surface area (Å²) >= 11 is 3.41. The lowest BCUT2D eigenvalue weighted by molar-refractivity contribution is 1.32. The maximum absolute atomic E-state index is 5.75. The molecule has 1 aromatic carbocycles. The molecule has 0 spiro atoms. The standard InChI is InChI=1S/C12H9BrN4/c13-8-5-7(1-2-9(8)14)12-16-10-3-4-15-6-11(10)17-12/h1-6H,14H2,(H,16,17). The molecule has 17 heavy (non-hydrogen) atoms. The van der Waals surface area contributed by atoms with Gasteiger partial charge in [0.1, 0.15) is 5.82 Å². The summed E-state index contributed by atoms with van der Waals surface area (Å²) in [5.74, 6) is 0.814. The SMILES string of the molecule is Nc1ccc(-c2nc3ccncc3[nH]2)cc1Br. The maximum Gasteiger partial charge on any atom is 0.138 e. The van der Waals surface area contributed by atoms with Crippen molar-refractivity contribution in [2.24, 2.45) is 0 Å². The molecule has 3 aromatic rings. The maximum atomic E-state index is 5.75. The van der Waals surface area contributed by atoms with Gasteiger partial charge in [-0.15, -0.1) is 0 Å². The Kier molecular flexibility index (Phi) is 2.33. The Labute approximate surface area is 106 Å². The number of aromatic nitrogens is 3. The van der Waals surface area contributed by atoms with Crippen LogP contribution in [0.25, 0.3) is 22.4 Å². The molecule has 2 aromatic heterocycles. The molecule has 0 fully saturated rings. The number of aromatic amines is 1. The number of anilines is 1. The number of hydrogen-bond donors (Lipinski definition) is 2. The number of nitrogens with one attached hydrogen (secondary N) is 1. The molecule has 0 bridgehead atoms. The quantitative estimate of drug-likeness (QED) is 0.677. The zero-order valence-corrected chi connectivity index (χ0v) is 10.4. The predicted molar refractivity (Wildman–Crippen MR) is 71.4 cm³/mol. The Balaban J connectivity index is 2.17. The highest BCUT2D eigenvalue weighted by molar-refractivity contribution is 9.10. The van der Waals surface area contributed by atoms with E-state index in [1.54, 1.807) is 12.4 Å². The smallest absolute Gasteiger partial charge is 0.138 e. The monoisotopic (exact) mass is 288 g/mol. The molecule has 0 aliphatic heterocycles. The molecule has 0 radical (unpaired) electrons. The van der Waals surface area contributed by atoms with Crippen molar-refractivity contribution in [2.45, 2.75) is 0 Å². The van der Waals surface area contributed by atoms with Crippen molar-refractivity contribution in [3.8, 4) is 11.4 Å². The highest BCUT2D eigenvalue weighted by Gasteiger charge is 2.06. The van der Waals surface area contributed by atoms with Gasteiger partial charge in [-0.25, -0.2) is 4.98 Å².